The van der Waals surface area contributed by atoms with Crippen LogP contribution in [-0.4, -0.2) is 5.78 Å². The molecule has 1 aromatic carbocycles. The molecule has 0 aliphatic heterocycles. The van der Waals surface area contributed by atoms with E-state index in [2.05, 4.69) is 0 Å². The van der Waals surface area contributed by atoms with Gasteiger partial charge < -0.3 is 0 Å². The van der Waals surface area contributed by atoms with Crippen molar-refractivity contribution in [3.8, 4) is 6.07 Å². The maximum atomic E-state index is 12.7. The van der Waals surface area contributed by atoms with Crippen LogP contribution in [0.3, 0.4) is 0 Å². The Labute approximate surface area is 108 Å². The first-order valence-electron chi connectivity index (χ1n) is 5.16. The molecular weight excluding hydrogens is 249 g/mol. The Morgan fingerprint density at radius 2 is 2.00 bits per heavy atom. The van der Waals surface area contributed by atoms with Crippen molar-refractivity contribution < 1.29 is 9.18 Å². The Morgan fingerprint density at radius 1 is 1.28 bits per heavy atom. The number of nitriles is 1. The fraction of sp³-hybridized carbons (Fsp3) is 0. The SMILES string of the molecule is N#C/C(=C\c1cccs1)C(=O)c1ccc(F)cc1. The second-order valence-corrected chi connectivity index (χ2v) is 4.50. The molecule has 2 rings (SSSR count). The third-order valence-corrected chi connectivity index (χ3v) is 3.12. The van der Waals surface area contributed by atoms with E-state index >= 15 is 0 Å². The minimum atomic E-state index is -0.410. The monoisotopic (exact) mass is 257 g/mol. The first-order valence-corrected chi connectivity index (χ1v) is 6.04. The molecule has 0 atom stereocenters. The number of hydrogen-bond acceptors (Lipinski definition) is 3. The zero-order valence-corrected chi connectivity index (χ0v) is 10.1. The molecule has 0 amide bonds. The number of carbonyl (C=O) groups is 1. The van der Waals surface area contributed by atoms with Crippen molar-refractivity contribution in [3.05, 3.63) is 63.6 Å². The summed E-state index contributed by atoms with van der Waals surface area (Å²) in [6.45, 7) is 0. The van der Waals surface area contributed by atoms with E-state index < -0.39 is 11.6 Å². The van der Waals surface area contributed by atoms with Crippen molar-refractivity contribution >= 4 is 23.2 Å². The number of thiophene rings is 1. The average molecular weight is 257 g/mol. The van der Waals surface area contributed by atoms with Gasteiger partial charge in [0.05, 0.1) is 0 Å². The Kier molecular flexibility index (Phi) is 3.66. The summed E-state index contributed by atoms with van der Waals surface area (Å²) >= 11 is 1.44. The van der Waals surface area contributed by atoms with Crippen LogP contribution in [0.25, 0.3) is 6.08 Å². The highest BCUT2D eigenvalue weighted by atomic mass is 32.1. The summed E-state index contributed by atoms with van der Waals surface area (Å²) in [5.41, 5.74) is 0.352. The molecule has 1 heterocycles. The normalized spacial score (nSPS) is 11.0. The Bertz CT molecular complexity index is 621. The summed E-state index contributed by atoms with van der Waals surface area (Å²) in [6.07, 6.45) is 1.54. The van der Waals surface area contributed by atoms with E-state index in [-0.39, 0.29) is 5.57 Å². The van der Waals surface area contributed by atoms with Crippen molar-refractivity contribution in [3.63, 3.8) is 0 Å². The standard InChI is InChI=1S/C14H8FNOS/c15-12-5-3-10(4-6-12)14(17)11(9-16)8-13-2-1-7-18-13/h1-8H/b11-8+. The molecule has 2 nitrogen and oxygen atoms in total. The van der Waals surface area contributed by atoms with Gasteiger partial charge in [0.1, 0.15) is 17.5 Å². The first-order chi connectivity index (χ1) is 8.70. The van der Waals surface area contributed by atoms with Crippen molar-refractivity contribution in [1.29, 1.82) is 5.26 Å². The van der Waals surface area contributed by atoms with E-state index in [0.717, 1.165) is 4.88 Å². The third-order valence-electron chi connectivity index (χ3n) is 2.30. The molecule has 0 fully saturated rings. The molecule has 0 radical (unpaired) electrons. The van der Waals surface area contributed by atoms with Crippen molar-refractivity contribution in [2.24, 2.45) is 0 Å². The van der Waals surface area contributed by atoms with E-state index in [0.29, 0.717) is 5.56 Å². The first kappa shape index (κ1) is 12.2. The van der Waals surface area contributed by atoms with Crippen LogP contribution in [0.15, 0.2) is 47.4 Å². The van der Waals surface area contributed by atoms with Gasteiger partial charge >= 0.3 is 0 Å². The number of Topliss-reactive ketones (excluding diaryl/α,β-unsaturated/α-hetero) is 1. The second kappa shape index (κ2) is 5.39. The molecule has 0 N–H and O–H groups in total. The second-order valence-electron chi connectivity index (χ2n) is 3.52. The molecule has 0 aliphatic carbocycles. The number of rotatable bonds is 3. The molecule has 4 heteroatoms. The Morgan fingerprint density at radius 3 is 2.56 bits per heavy atom. The maximum absolute atomic E-state index is 12.7. The van der Waals surface area contributed by atoms with Gasteiger partial charge in [-0.1, -0.05) is 6.07 Å². The van der Waals surface area contributed by atoms with Gasteiger partial charge in [0.25, 0.3) is 0 Å². The number of halogens is 1. The fourth-order valence-electron chi connectivity index (χ4n) is 1.42. The molecule has 2 aromatic rings. The average Bonchev–Trinajstić information content (AvgIpc) is 2.89. The third kappa shape index (κ3) is 2.70. The largest absolute Gasteiger partial charge is 0.288 e. The molecule has 1 aromatic heterocycles. The summed E-state index contributed by atoms with van der Waals surface area (Å²) in [4.78, 5) is 12.8. The smallest absolute Gasteiger partial charge is 0.203 e. The lowest BCUT2D eigenvalue weighted by Gasteiger charge is -1.98. The molecule has 18 heavy (non-hydrogen) atoms. The number of allylic oxidation sites excluding steroid dienone is 1. The van der Waals surface area contributed by atoms with Crippen LogP contribution in [0, 0.1) is 17.1 Å². The molecule has 0 spiro atoms. The fourth-order valence-corrected chi connectivity index (χ4v) is 2.08. The van der Waals surface area contributed by atoms with Crippen molar-refractivity contribution in [2.45, 2.75) is 0 Å². The van der Waals surface area contributed by atoms with Gasteiger partial charge in [-0.2, -0.15) is 5.26 Å². The summed E-state index contributed by atoms with van der Waals surface area (Å²) in [7, 11) is 0. The van der Waals surface area contributed by atoms with Crippen molar-refractivity contribution in [1.82, 2.24) is 0 Å². The van der Waals surface area contributed by atoms with Crippen LogP contribution in [0.4, 0.5) is 4.39 Å². The highest BCUT2D eigenvalue weighted by Gasteiger charge is 2.12. The zero-order valence-electron chi connectivity index (χ0n) is 9.26. The quantitative estimate of drug-likeness (QED) is 0.478. The number of benzene rings is 1. The van der Waals surface area contributed by atoms with Gasteiger partial charge in [-0.25, -0.2) is 4.39 Å². The summed E-state index contributed by atoms with van der Waals surface area (Å²) in [6, 6.07) is 10.7. The lowest BCUT2D eigenvalue weighted by Crippen LogP contribution is -2.01. The maximum Gasteiger partial charge on any atom is 0.203 e. The molecular formula is C14H8FNOS. The van der Waals surface area contributed by atoms with Crippen LogP contribution in [0.2, 0.25) is 0 Å². The number of nitrogens with zero attached hydrogens (tertiary/aromatic N) is 1. The van der Waals surface area contributed by atoms with Crippen LogP contribution >= 0.6 is 11.3 Å². The van der Waals surface area contributed by atoms with Crippen molar-refractivity contribution in [2.75, 3.05) is 0 Å². The predicted molar refractivity (Wildman–Crippen MR) is 68.6 cm³/mol. The van der Waals surface area contributed by atoms with Gasteiger partial charge in [0.15, 0.2) is 0 Å². The highest BCUT2D eigenvalue weighted by Crippen LogP contribution is 2.16. The lowest BCUT2D eigenvalue weighted by atomic mass is 10.0. The minimum Gasteiger partial charge on any atom is -0.288 e. The van der Waals surface area contributed by atoms with Gasteiger partial charge in [-0.15, -0.1) is 11.3 Å². The van der Waals surface area contributed by atoms with Crippen LogP contribution in [0.5, 0.6) is 0 Å². The van der Waals surface area contributed by atoms with E-state index in [4.69, 9.17) is 5.26 Å². The number of hydrogen-bond donors (Lipinski definition) is 0. The van der Waals surface area contributed by atoms with Crippen LogP contribution < -0.4 is 0 Å². The predicted octanol–water partition coefficient (Wildman–Crippen LogP) is 3.68. The van der Waals surface area contributed by atoms with Gasteiger partial charge in [-0.3, -0.25) is 4.79 Å². The minimum absolute atomic E-state index is 0.0454. The van der Waals surface area contributed by atoms with Gasteiger partial charge in [-0.05, 0) is 41.8 Å². The zero-order chi connectivity index (χ0) is 13.0. The molecule has 88 valence electrons. The summed E-state index contributed by atoms with van der Waals surface area (Å²) in [5.74, 6) is -0.807. The Balaban J connectivity index is 2.32. The molecule has 0 saturated carbocycles. The summed E-state index contributed by atoms with van der Waals surface area (Å²) < 4.78 is 12.7. The molecule has 0 saturated heterocycles. The van der Waals surface area contributed by atoms with E-state index in [1.54, 1.807) is 0 Å². The van der Waals surface area contributed by atoms with Crippen LogP contribution in [-0.2, 0) is 0 Å². The van der Waals surface area contributed by atoms with Gasteiger partial charge in [0.2, 0.25) is 5.78 Å². The van der Waals surface area contributed by atoms with E-state index in [1.165, 1.54) is 41.7 Å². The molecule has 0 bridgehead atoms. The summed E-state index contributed by atoms with van der Waals surface area (Å²) in [5, 5.41) is 10.9. The van der Waals surface area contributed by atoms with Crippen LogP contribution in [0.1, 0.15) is 15.2 Å². The topological polar surface area (TPSA) is 40.9 Å². The van der Waals surface area contributed by atoms with E-state index in [1.807, 2.05) is 23.6 Å². The highest BCUT2D eigenvalue weighted by molar-refractivity contribution is 7.10. The van der Waals surface area contributed by atoms with Gasteiger partial charge in [0, 0.05) is 10.4 Å². The Hall–Kier alpha value is -2.25. The molecule has 0 aliphatic rings. The number of ketones is 1. The number of carbonyl (C=O) groups excluding carboxylic acids is 1. The van der Waals surface area contributed by atoms with E-state index in [9.17, 15) is 9.18 Å². The lowest BCUT2D eigenvalue weighted by molar-refractivity contribution is 0.104. The molecule has 0 unspecified atom stereocenters.